The van der Waals surface area contributed by atoms with Gasteiger partial charge < -0.3 is 9.32 Å². The lowest BCUT2D eigenvalue weighted by Crippen LogP contribution is -2.11. The van der Waals surface area contributed by atoms with Crippen molar-refractivity contribution in [1.82, 2.24) is 0 Å². The molecule has 0 saturated heterocycles. The molecule has 0 N–H and O–H groups in total. The Labute approximate surface area is 360 Å². The van der Waals surface area contributed by atoms with Gasteiger partial charge in [0, 0.05) is 33.1 Å². The van der Waals surface area contributed by atoms with Crippen molar-refractivity contribution in [2.24, 2.45) is 0 Å². The quantitative estimate of drug-likeness (QED) is 0.150. The Kier molecular flexibility index (Phi) is 8.53. The summed E-state index contributed by atoms with van der Waals surface area (Å²) in [5.41, 5.74) is 14.5. The first-order chi connectivity index (χ1) is 30.8. The molecular formula is C60H39NO. The second-order valence-electron chi connectivity index (χ2n) is 16.0. The molecule has 290 valence electrons. The number of fused-ring (bicyclic) bond motifs is 8. The van der Waals surface area contributed by atoms with Gasteiger partial charge in [0.2, 0.25) is 0 Å². The van der Waals surface area contributed by atoms with Gasteiger partial charge in [-0.15, -0.1) is 0 Å². The first-order valence-corrected chi connectivity index (χ1v) is 21.3. The summed E-state index contributed by atoms with van der Waals surface area (Å²) in [7, 11) is 0. The van der Waals surface area contributed by atoms with E-state index in [1.807, 2.05) is 0 Å². The fourth-order valence-electron chi connectivity index (χ4n) is 9.59. The number of anilines is 3. The van der Waals surface area contributed by atoms with Gasteiger partial charge in [0.05, 0.1) is 5.69 Å². The first kappa shape index (κ1) is 35.7. The minimum absolute atomic E-state index is 0.873. The van der Waals surface area contributed by atoms with Crippen LogP contribution in [0.3, 0.4) is 0 Å². The van der Waals surface area contributed by atoms with Gasteiger partial charge in [0.1, 0.15) is 11.2 Å². The minimum atomic E-state index is 0.873. The van der Waals surface area contributed by atoms with Crippen LogP contribution >= 0.6 is 0 Å². The normalized spacial score (nSPS) is 11.5. The molecule has 2 nitrogen and oxygen atoms in total. The van der Waals surface area contributed by atoms with E-state index in [9.17, 15) is 0 Å². The van der Waals surface area contributed by atoms with Crippen LogP contribution in [-0.2, 0) is 0 Å². The molecule has 0 atom stereocenters. The van der Waals surface area contributed by atoms with Crippen molar-refractivity contribution >= 4 is 71.3 Å². The molecule has 0 aliphatic carbocycles. The Morgan fingerprint density at radius 3 is 1.63 bits per heavy atom. The van der Waals surface area contributed by atoms with Crippen molar-refractivity contribution in [3.63, 3.8) is 0 Å². The highest BCUT2D eigenvalue weighted by molar-refractivity contribution is 6.22. The molecule has 12 aromatic rings. The van der Waals surface area contributed by atoms with Crippen molar-refractivity contribution < 1.29 is 4.42 Å². The standard InChI is InChI=1S/C60H39NO/c1-4-17-40(18-5-1)48-26-14-15-30-56(48)61(47-33-36-57-54(39-47)53-35-31-41-19-10-11-27-49(41)60(53)62-57)46-25-16-24-44(37-46)45-32-34-51-50-28-12-13-29-52(50)58(42-20-6-2-7-21-42)59(55(51)38-45)43-22-8-3-9-23-43/h1-39H. The Bertz CT molecular complexity index is 3630. The van der Waals surface area contributed by atoms with Crippen molar-refractivity contribution in [3.05, 3.63) is 237 Å². The van der Waals surface area contributed by atoms with Crippen molar-refractivity contribution in [1.29, 1.82) is 0 Å². The third-order valence-electron chi connectivity index (χ3n) is 12.4. The van der Waals surface area contributed by atoms with E-state index in [1.165, 1.54) is 49.2 Å². The van der Waals surface area contributed by atoms with Crippen LogP contribution < -0.4 is 4.90 Å². The van der Waals surface area contributed by atoms with Gasteiger partial charge in [-0.25, -0.2) is 0 Å². The van der Waals surface area contributed by atoms with E-state index in [0.29, 0.717) is 0 Å². The smallest absolute Gasteiger partial charge is 0.143 e. The summed E-state index contributed by atoms with van der Waals surface area (Å²) >= 11 is 0. The molecule has 62 heavy (non-hydrogen) atoms. The van der Waals surface area contributed by atoms with Crippen LogP contribution in [0.15, 0.2) is 241 Å². The maximum absolute atomic E-state index is 6.60. The summed E-state index contributed by atoms with van der Waals surface area (Å²) in [5.74, 6) is 0. The minimum Gasteiger partial charge on any atom is -0.455 e. The Hall–Kier alpha value is -8.20. The second kappa shape index (κ2) is 14.8. The van der Waals surface area contributed by atoms with Gasteiger partial charge >= 0.3 is 0 Å². The molecule has 1 heterocycles. The van der Waals surface area contributed by atoms with E-state index >= 15 is 0 Å². The summed E-state index contributed by atoms with van der Waals surface area (Å²) in [6, 6.07) is 85.5. The molecule has 12 rings (SSSR count). The van der Waals surface area contributed by atoms with Gasteiger partial charge in [0.25, 0.3) is 0 Å². The van der Waals surface area contributed by atoms with E-state index in [2.05, 4.69) is 241 Å². The lowest BCUT2D eigenvalue weighted by atomic mass is 9.84. The van der Waals surface area contributed by atoms with E-state index in [-0.39, 0.29) is 0 Å². The van der Waals surface area contributed by atoms with Crippen molar-refractivity contribution in [2.75, 3.05) is 4.90 Å². The summed E-state index contributed by atoms with van der Waals surface area (Å²) in [6.07, 6.45) is 0. The van der Waals surface area contributed by atoms with Gasteiger partial charge in [-0.3, -0.25) is 0 Å². The van der Waals surface area contributed by atoms with Gasteiger partial charge in [-0.1, -0.05) is 188 Å². The molecule has 2 heteroatoms. The number of rotatable bonds is 7. The lowest BCUT2D eigenvalue weighted by Gasteiger charge is -2.28. The third-order valence-corrected chi connectivity index (χ3v) is 12.4. The van der Waals surface area contributed by atoms with Crippen molar-refractivity contribution in [3.8, 4) is 44.5 Å². The van der Waals surface area contributed by atoms with Gasteiger partial charge in [-0.05, 0) is 114 Å². The molecule has 0 radical (unpaired) electrons. The highest BCUT2D eigenvalue weighted by Gasteiger charge is 2.22. The lowest BCUT2D eigenvalue weighted by molar-refractivity contribution is 0.672. The largest absolute Gasteiger partial charge is 0.455 e. The summed E-state index contributed by atoms with van der Waals surface area (Å²) in [4.78, 5) is 2.41. The van der Waals surface area contributed by atoms with Crippen molar-refractivity contribution in [2.45, 2.75) is 0 Å². The van der Waals surface area contributed by atoms with E-state index < -0.39 is 0 Å². The van der Waals surface area contributed by atoms with E-state index in [1.54, 1.807) is 0 Å². The zero-order valence-corrected chi connectivity index (χ0v) is 33.9. The summed E-state index contributed by atoms with van der Waals surface area (Å²) < 4.78 is 6.60. The number of benzene rings is 11. The molecule has 0 bridgehead atoms. The zero-order chi connectivity index (χ0) is 41.0. The van der Waals surface area contributed by atoms with Crippen LogP contribution in [0.1, 0.15) is 0 Å². The van der Waals surface area contributed by atoms with Crippen LogP contribution in [0, 0.1) is 0 Å². The molecule has 0 fully saturated rings. The van der Waals surface area contributed by atoms with Crippen LogP contribution in [0.2, 0.25) is 0 Å². The summed E-state index contributed by atoms with van der Waals surface area (Å²) in [6.45, 7) is 0. The number of hydrogen-bond donors (Lipinski definition) is 0. The molecular weight excluding hydrogens is 751 g/mol. The molecule has 0 spiro atoms. The zero-order valence-electron chi connectivity index (χ0n) is 33.9. The molecule has 0 saturated carbocycles. The first-order valence-electron chi connectivity index (χ1n) is 21.3. The number of hydrogen-bond acceptors (Lipinski definition) is 2. The van der Waals surface area contributed by atoms with E-state index in [0.717, 1.165) is 66.6 Å². The average molecular weight is 790 g/mol. The predicted octanol–water partition coefficient (Wildman–Crippen LogP) is 17.2. The molecule has 1 aromatic heterocycles. The number of para-hydroxylation sites is 1. The molecule has 11 aromatic carbocycles. The topological polar surface area (TPSA) is 16.4 Å². The maximum atomic E-state index is 6.60. The van der Waals surface area contributed by atoms with Crippen LogP contribution in [0.5, 0.6) is 0 Å². The SMILES string of the molecule is c1ccc(-c2ccccc2N(c2cccc(-c3ccc4c(c3)c(-c3ccccc3)c(-c3ccccc3)c3ccccc34)c2)c2ccc3oc4c5ccccc5ccc4c3c2)cc1. The predicted molar refractivity (Wildman–Crippen MR) is 263 cm³/mol. The Morgan fingerprint density at radius 1 is 0.290 bits per heavy atom. The Balaban J connectivity index is 1.08. The summed E-state index contributed by atoms with van der Waals surface area (Å²) in [5, 5.41) is 9.46. The second-order valence-corrected chi connectivity index (χ2v) is 16.0. The monoisotopic (exact) mass is 789 g/mol. The number of nitrogens with zero attached hydrogens (tertiary/aromatic N) is 1. The molecule has 0 aliphatic heterocycles. The third kappa shape index (κ3) is 5.96. The number of furan rings is 1. The van der Waals surface area contributed by atoms with Crippen LogP contribution in [0.4, 0.5) is 17.1 Å². The molecule has 0 unspecified atom stereocenters. The van der Waals surface area contributed by atoms with Gasteiger partial charge in [-0.2, -0.15) is 0 Å². The van der Waals surface area contributed by atoms with Crippen LogP contribution in [0.25, 0.3) is 98.8 Å². The molecule has 0 amide bonds. The fraction of sp³-hybridized carbons (Fsp3) is 0. The maximum Gasteiger partial charge on any atom is 0.143 e. The highest BCUT2D eigenvalue weighted by atomic mass is 16.3. The Morgan fingerprint density at radius 2 is 0.855 bits per heavy atom. The highest BCUT2D eigenvalue weighted by Crippen LogP contribution is 2.47. The van der Waals surface area contributed by atoms with Gasteiger partial charge in [0.15, 0.2) is 0 Å². The fourth-order valence-corrected chi connectivity index (χ4v) is 9.59. The van der Waals surface area contributed by atoms with Crippen LogP contribution in [-0.4, -0.2) is 0 Å². The molecule has 0 aliphatic rings. The average Bonchev–Trinajstić information content (AvgIpc) is 3.73. The van der Waals surface area contributed by atoms with E-state index in [4.69, 9.17) is 4.42 Å².